The van der Waals surface area contributed by atoms with Crippen LogP contribution in [0.1, 0.15) is 6.92 Å². The van der Waals surface area contributed by atoms with Crippen molar-refractivity contribution in [1.82, 2.24) is 10.2 Å². The number of likely N-dealkylation sites (N-methyl/N-ethyl adjacent to an activating group) is 1. The minimum absolute atomic E-state index is 0.0224. The number of carboxylic acid groups (broad SMARTS) is 1. The zero-order valence-corrected chi connectivity index (χ0v) is 11.7. The highest BCUT2D eigenvalue weighted by Crippen LogP contribution is 2.08. The van der Waals surface area contributed by atoms with Crippen molar-refractivity contribution in [3.05, 3.63) is 12.7 Å². The zero-order chi connectivity index (χ0) is 14.8. The van der Waals surface area contributed by atoms with Gasteiger partial charge in [0.05, 0.1) is 5.88 Å². The lowest BCUT2D eigenvalue weighted by molar-refractivity contribution is -0.141. The van der Waals surface area contributed by atoms with Crippen molar-refractivity contribution in [3.63, 3.8) is 0 Å². The molecule has 7 nitrogen and oxygen atoms in total. The monoisotopic (exact) mass is 290 g/mol. The Kier molecular flexibility index (Phi) is 8.43. The highest BCUT2D eigenvalue weighted by atomic mass is 32.2. The molecule has 0 heterocycles. The van der Waals surface area contributed by atoms with Crippen LogP contribution in [-0.2, 0) is 14.3 Å². The second-order valence-electron chi connectivity index (χ2n) is 3.58. The molecule has 0 radical (unpaired) electrons. The van der Waals surface area contributed by atoms with Crippen LogP contribution in [0.5, 0.6) is 0 Å². The molecule has 0 aliphatic heterocycles. The summed E-state index contributed by atoms with van der Waals surface area (Å²) in [5.74, 6) is -0.893. The summed E-state index contributed by atoms with van der Waals surface area (Å²) in [5, 5.41) is 11.6. The van der Waals surface area contributed by atoms with Crippen LogP contribution in [-0.4, -0.2) is 59.3 Å². The van der Waals surface area contributed by atoms with E-state index in [0.29, 0.717) is 0 Å². The Morgan fingerprint density at radius 3 is 2.63 bits per heavy atom. The van der Waals surface area contributed by atoms with Gasteiger partial charge in [-0.3, -0.25) is 9.69 Å². The second kappa shape index (κ2) is 9.26. The lowest BCUT2D eigenvalue weighted by Gasteiger charge is -2.23. The van der Waals surface area contributed by atoms with Crippen LogP contribution in [0.3, 0.4) is 0 Å². The van der Waals surface area contributed by atoms with Crippen LogP contribution in [0.15, 0.2) is 12.7 Å². The van der Waals surface area contributed by atoms with Gasteiger partial charge in [0, 0.05) is 19.7 Å². The van der Waals surface area contributed by atoms with Crippen molar-refractivity contribution in [2.75, 3.05) is 25.3 Å². The third kappa shape index (κ3) is 7.35. The van der Waals surface area contributed by atoms with E-state index >= 15 is 0 Å². The maximum Gasteiger partial charge on any atom is 0.410 e. The quantitative estimate of drug-likeness (QED) is 0.384. The molecular formula is C11H18N2O5S. The van der Waals surface area contributed by atoms with E-state index in [1.807, 2.05) is 0 Å². The van der Waals surface area contributed by atoms with Gasteiger partial charge in [0.15, 0.2) is 0 Å². The van der Waals surface area contributed by atoms with Crippen LogP contribution in [0.4, 0.5) is 4.79 Å². The molecule has 0 unspecified atom stereocenters. The lowest BCUT2D eigenvalue weighted by Crippen LogP contribution is -2.44. The van der Waals surface area contributed by atoms with Crippen LogP contribution < -0.4 is 5.32 Å². The van der Waals surface area contributed by atoms with Gasteiger partial charge in [-0.1, -0.05) is 12.7 Å². The fourth-order valence-electron chi connectivity index (χ4n) is 1.03. The van der Waals surface area contributed by atoms with E-state index in [-0.39, 0.29) is 24.1 Å². The van der Waals surface area contributed by atoms with E-state index in [2.05, 4.69) is 11.9 Å². The van der Waals surface area contributed by atoms with Crippen LogP contribution in [0.25, 0.3) is 0 Å². The number of thioether (sulfide) groups is 1. The first-order valence-electron chi connectivity index (χ1n) is 5.45. The molecule has 2 amide bonds. The number of carboxylic acids is 1. The third-order valence-corrected chi connectivity index (χ3v) is 2.96. The molecular weight excluding hydrogens is 272 g/mol. The van der Waals surface area contributed by atoms with E-state index in [9.17, 15) is 14.4 Å². The number of carbonyl (C=O) groups is 3. The summed E-state index contributed by atoms with van der Waals surface area (Å²) in [6, 6.07) is -1.02. The molecule has 8 heteroatoms. The summed E-state index contributed by atoms with van der Waals surface area (Å²) in [4.78, 5) is 34.2. The van der Waals surface area contributed by atoms with Crippen LogP contribution in [0.2, 0.25) is 0 Å². The summed E-state index contributed by atoms with van der Waals surface area (Å²) >= 11 is 1.21. The Balaban J connectivity index is 4.30. The summed E-state index contributed by atoms with van der Waals surface area (Å²) in [5.41, 5.74) is 0. The molecule has 0 rings (SSSR count). The Bertz CT molecular complexity index is 348. The van der Waals surface area contributed by atoms with Crippen molar-refractivity contribution in [1.29, 1.82) is 0 Å². The number of nitrogens with zero attached hydrogens (tertiary/aromatic N) is 1. The van der Waals surface area contributed by atoms with Gasteiger partial charge in [-0.25, -0.2) is 9.59 Å². The number of amides is 2. The maximum absolute atomic E-state index is 11.5. The highest BCUT2D eigenvalue weighted by molar-refractivity contribution is 7.99. The molecule has 0 aromatic carbocycles. The summed E-state index contributed by atoms with van der Waals surface area (Å²) in [6.45, 7) is 4.78. The van der Waals surface area contributed by atoms with Gasteiger partial charge < -0.3 is 15.2 Å². The fourth-order valence-corrected chi connectivity index (χ4v) is 2.04. The van der Waals surface area contributed by atoms with Gasteiger partial charge in [-0.05, 0) is 0 Å². The Labute approximate surface area is 116 Å². The molecule has 0 saturated heterocycles. The van der Waals surface area contributed by atoms with Gasteiger partial charge in [0.1, 0.15) is 12.6 Å². The average molecular weight is 290 g/mol. The molecule has 0 aliphatic rings. The summed E-state index contributed by atoms with van der Waals surface area (Å²) in [7, 11) is 1.35. The first-order chi connectivity index (χ1) is 8.90. The van der Waals surface area contributed by atoms with E-state index in [1.54, 1.807) is 0 Å². The van der Waals surface area contributed by atoms with Crippen molar-refractivity contribution in [2.24, 2.45) is 0 Å². The Hall–Kier alpha value is -1.70. The minimum Gasteiger partial charge on any atom is -0.480 e. The number of carbonyl (C=O) groups excluding carboxylic acids is 2. The molecule has 0 spiro atoms. The van der Waals surface area contributed by atoms with Gasteiger partial charge in [0.25, 0.3) is 0 Å². The fraction of sp³-hybridized carbons (Fsp3) is 0.545. The predicted molar refractivity (Wildman–Crippen MR) is 71.9 cm³/mol. The van der Waals surface area contributed by atoms with Crippen molar-refractivity contribution < 1.29 is 24.2 Å². The van der Waals surface area contributed by atoms with Gasteiger partial charge >= 0.3 is 12.1 Å². The number of hydrogen-bond donors (Lipinski definition) is 2. The highest BCUT2D eigenvalue weighted by Gasteiger charge is 2.27. The number of rotatable bonds is 8. The Morgan fingerprint density at radius 2 is 2.16 bits per heavy atom. The number of ether oxygens (including phenoxy) is 1. The standard InChI is InChI=1S/C11H18N2O5S/c1-4-5-18-11(17)13(3)9(10(15)16)6-19-7-12-8(2)14/h4,9H,1,5-7H2,2-3H3,(H,12,14)(H,15,16)/t9-/m0/s1. The topological polar surface area (TPSA) is 95.9 Å². The summed E-state index contributed by atoms with van der Waals surface area (Å²) in [6.07, 6.45) is 0.667. The average Bonchev–Trinajstić information content (AvgIpc) is 2.34. The second-order valence-corrected chi connectivity index (χ2v) is 4.61. The van der Waals surface area contributed by atoms with Gasteiger partial charge in [0.2, 0.25) is 5.91 Å². The molecule has 108 valence electrons. The van der Waals surface area contributed by atoms with E-state index < -0.39 is 18.1 Å². The van der Waals surface area contributed by atoms with Crippen molar-refractivity contribution >= 4 is 29.7 Å². The van der Waals surface area contributed by atoms with E-state index in [1.165, 1.54) is 31.8 Å². The minimum atomic E-state index is -1.13. The molecule has 0 fully saturated rings. The molecule has 1 atom stereocenters. The third-order valence-electron chi connectivity index (χ3n) is 2.06. The van der Waals surface area contributed by atoms with E-state index in [0.717, 1.165) is 4.90 Å². The number of hydrogen-bond acceptors (Lipinski definition) is 5. The molecule has 0 bridgehead atoms. The predicted octanol–water partition coefficient (Wildman–Crippen LogP) is 0.521. The largest absolute Gasteiger partial charge is 0.480 e. The van der Waals surface area contributed by atoms with Gasteiger partial charge in [-0.2, -0.15) is 0 Å². The smallest absolute Gasteiger partial charge is 0.410 e. The molecule has 0 aromatic heterocycles. The lowest BCUT2D eigenvalue weighted by atomic mass is 10.3. The van der Waals surface area contributed by atoms with Crippen LogP contribution in [0, 0.1) is 0 Å². The molecule has 19 heavy (non-hydrogen) atoms. The van der Waals surface area contributed by atoms with Crippen molar-refractivity contribution in [3.8, 4) is 0 Å². The summed E-state index contributed by atoms with van der Waals surface area (Å²) < 4.78 is 4.76. The molecule has 0 aromatic rings. The van der Waals surface area contributed by atoms with Crippen molar-refractivity contribution in [2.45, 2.75) is 13.0 Å². The number of nitrogens with one attached hydrogen (secondary N) is 1. The molecule has 0 saturated carbocycles. The first kappa shape index (κ1) is 17.3. The first-order valence-corrected chi connectivity index (χ1v) is 6.61. The normalized spacial score (nSPS) is 11.3. The maximum atomic E-state index is 11.5. The van der Waals surface area contributed by atoms with Gasteiger partial charge in [-0.15, -0.1) is 11.8 Å². The SMILES string of the molecule is C=CCOC(=O)N(C)[C@@H](CSCNC(C)=O)C(=O)O. The molecule has 0 aliphatic carbocycles. The van der Waals surface area contributed by atoms with E-state index in [4.69, 9.17) is 9.84 Å². The number of aliphatic carboxylic acids is 1. The zero-order valence-electron chi connectivity index (χ0n) is 10.9. The Morgan fingerprint density at radius 1 is 1.53 bits per heavy atom. The van der Waals surface area contributed by atoms with Crippen LogP contribution >= 0.6 is 11.8 Å². The molecule has 2 N–H and O–H groups in total.